The van der Waals surface area contributed by atoms with E-state index in [2.05, 4.69) is 21.2 Å². The van der Waals surface area contributed by atoms with Crippen molar-refractivity contribution in [3.63, 3.8) is 0 Å². The van der Waals surface area contributed by atoms with Gasteiger partial charge in [-0.05, 0) is 40.2 Å². The molecule has 0 unspecified atom stereocenters. The Hall–Kier alpha value is -2.48. The first kappa shape index (κ1) is 14.9. The molecule has 21 heavy (non-hydrogen) atoms. The van der Waals surface area contributed by atoms with Crippen molar-refractivity contribution in [3.8, 4) is 0 Å². The van der Waals surface area contributed by atoms with Crippen molar-refractivity contribution in [2.24, 2.45) is 0 Å². The maximum Gasteiger partial charge on any atom is 0.335 e. The minimum atomic E-state index is -1.10. The maximum absolute atomic E-state index is 13.2. The van der Waals surface area contributed by atoms with E-state index in [9.17, 15) is 19.3 Å². The molecular formula is C13H8BrFN2O4. The number of nitro benzene ring substituents is 1. The second kappa shape index (κ2) is 5.88. The second-order valence-corrected chi connectivity index (χ2v) is 4.90. The average molecular weight is 355 g/mol. The summed E-state index contributed by atoms with van der Waals surface area (Å²) in [5, 5.41) is 22.5. The van der Waals surface area contributed by atoms with Crippen molar-refractivity contribution in [2.45, 2.75) is 0 Å². The van der Waals surface area contributed by atoms with Gasteiger partial charge in [0, 0.05) is 16.6 Å². The van der Waals surface area contributed by atoms with Crippen LogP contribution in [0.3, 0.4) is 0 Å². The molecule has 6 nitrogen and oxygen atoms in total. The van der Waals surface area contributed by atoms with Gasteiger partial charge in [-0.25, -0.2) is 9.18 Å². The number of nitrogens with zero attached hydrogens (tertiary/aromatic N) is 1. The highest BCUT2D eigenvalue weighted by Gasteiger charge is 2.16. The molecule has 0 aliphatic carbocycles. The summed E-state index contributed by atoms with van der Waals surface area (Å²) in [4.78, 5) is 21.1. The number of carboxylic acids is 1. The Kier molecular flexibility index (Phi) is 4.18. The topological polar surface area (TPSA) is 92.5 Å². The number of hydrogen-bond donors (Lipinski definition) is 2. The summed E-state index contributed by atoms with van der Waals surface area (Å²) in [6.07, 6.45) is 0. The molecule has 0 heterocycles. The third-order valence-electron chi connectivity index (χ3n) is 2.64. The Bertz CT molecular complexity index is 736. The molecule has 0 amide bonds. The van der Waals surface area contributed by atoms with Gasteiger partial charge < -0.3 is 10.4 Å². The monoisotopic (exact) mass is 354 g/mol. The largest absolute Gasteiger partial charge is 0.478 e. The average Bonchev–Trinajstić information content (AvgIpc) is 2.40. The molecule has 0 saturated heterocycles. The fourth-order valence-electron chi connectivity index (χ4n) is 1.66. The molecule has 0 aliphatic rings. The number of nitrogens with one attached hydrogen (secondary N) is 1. The highest BCUT2D eigenvalue weighted by molar-refractivity contribution is 9.10. The zero-order valence-corrected chi connectivity index (χ0v) is 11.9. The van der Waals surface area contributed by atoms with E-state index in [0.29, 0.717) is 10.2 Å². The van der Waals surface area contributed by atoms with Gasteiger partial charge in [0.25, 0.3) is 5.69 Å². The fourth-order valence-corrected chi connectivity index (χ4v) is 2.14. The standard InChI is InChI=1S/C13H8BrFN2O4/c14-9-5-7(13(18)19)1-3-10(9)16-11-6-8(15)2-4-12(11)17(20)21/h1-6,16H,(H,18,19). The highest BCUT2D eigenvalue weighted by atomic mass is 79.9. The molecule has 108 valence electrons. The number of rotatable bonds is 4. The fraction of sp³-hybridized carbons (Fsp3) is 0. The third kappa shape index (κ3) is 3.34. The van der Waals surface area contributed by atoms with Gasteiger partial charge in [-0.15, -0.1) is 0 Å². The Morgan fingerprint density at radius 2 is 1.95 bits per heavy atom. The molecule has 0 aliphatic heterocycles. The molecule has 2 N–H and O–H groups in total. The van der Waals surface area contributed by atoms with Crippen molar-refractivity contribution in [1.29, 1.82) is 0 Å². The van der Waals surface area contributed by atoms with Crippen LogP contribution < -0.4 is 5.32 Å². The van der Waals surface area contributed by atoms with E-state index in [-0.39, 0.29) is 16.9 Å². The first-order valence-electron chi connectivity index (χ1n) is 5.62. The Morgan fingerprint density at radius 3 is 2.52 bits per heavy atom. The predicted octanol–water partition coefficient (Wildman–Crippen LogP) is 3.94. The molecule has 2 rings (SSSR count). The van der Waals surface area contributed by atoms with Crippen molar-refractivity contribution in [1.82, 2.24) is 0 Å². The Labute approximate surface area is 126 Å². The molecule has 0 saturated carbocycles. The molecule has 8 heteroatoms. The van der Waals surface area contributed by atoms with Gasteiger partial charge in [0.05, 0.1) is 16.2 Å². The van der Waals surface area contributed by atoms with E-state index in [4.69, 9.17) is 5.11 Å². The lowest BCUT2D eigenvalue weighted by Gasteiger charge is -2.09. The van der Waals surface area contributed by atoms with Gasteiger partial charge >= 0.3 is 5.97 Å². The highest BCUT2D eigenvalue weighted by Crippen LogP contribution is 2.32. The van der Waals surface area contributed by atoms with Crippen molar-refractivity contribution < 1.29 is 19.2 Å². The van der Waals surface area contributed by atoms with Crippen LogP contribution in [0.2, 0.25) is 0 Å². The minimum Gasteiger partial charge on any atom is -0.478 e. The van der Waals surface area contributed by atoms with Crippen LogP contribution in [0.5, 0.6) is 0 Å². The van der Waals surface area contributed by atoms with Gasteiger partial charge in [0.1, 0.15) is 11.5 Å². The van der Waals surface area contributed by atoms with E-state index in [0.717, 1.165) is 18.2 Å². The summed E-state index contributed by atoms with van der Waals surface area (Å²) in [7, 11) is 0. The summed E-state index contributed by atoms with van der Waals surface area (Å²) in [5.74, 6) is -1.72. The molecule has 0 spiro atoms. The number of aromatic carboxylic acids is 1. The molecule has 0 aromatic heterocycles. The van der Waals surface area contributed by atoms with E-state index < -0.39 is 16.7 Å². The lowest BCUT2D eigenvalue weighted by molar-refractivity contribution is -0.384. The molecular weight excluding hydrogens is 347 g/mol. The van der Waals surface area contributed by atoms with Crippen LogP contribution in [0.25, 0.3) is 0 Å². The van der Waals surface area contributed by atoms with Crippen LogP contribution in [0.1, 0.15) is 10.4 Å². The predicted molar refractivity (Wildman–Crippen MR) is 77.4 cm³/mol. The molecule has 0 fully saturated rings. The van der Waals surface area contributed by atoms with Crippen LogP contribution in [0, 0.1) is 15.9 Å². The normalized spacial score (nSPS) is 10.2. The van der Waals surface area contributed by atoms with E-state index in [1.807, 2.05) is 0 Å². The van der Waals surface area contributed by atoms with Gasteiger partial charge in [-0.2, -0.15) is 0 Å². The quantitative estimate of drug-likeness (QED) is 0.640. The smallest absolute Gasteiger partial charge is 0.335 e. The number of benzene rings is 2. The first-order valence-corrected chi connectivity index (χ1v) is 6.41. The number of anilines is 2. The minimum absolute atomic E-state index is 0.0243. The molecule has 0 radical (unpaired) electrons. The van der Waals surface area contributed by atoms with Crippen LogP contribution in [-0.4, -0.2) is 16.0 Å². The van der Waals surface area contributed by atoms with Crippen molar-refractivity contribution in [2.75, 3.05) is 5.32 Å². The first-order chi connectivity index (χ1) is 9.88. The number of hydrogen-bond acceptors (Lipinski definition) is 4. The van der Waals surface area contributed by atoms with Gasteiger partial charge in [0.2, 0.25) is 0 Å². The van der Waals surface area contributed by atoms with Gasteiger partial charge in [0.15, 0.2) is 0 Å². The summed E-state index contributed by atoms with van der Waals surface area (Å²) in [6, 6.07) is 7.15. The molecule has 2 aromatic carbocycles. The number of carbonyl (C=O) groups is 1. The van der Waals surface area contributed by atoms with Crippen molar-refractivity contribution in [3.05, 3.63) is 62.4 Å². The lowest BCUT2D eigenvalue weighted by Crippen LogP contribution is -2.00. The molecule has 0 atom stereocenters. The zero-order valence-electron chi connectivity index (χ0n) is 10.3. The summed E-state index contributed by atoms with van der Waals surface area (Å²) in [5.41, 5.74) is 0.129. The maximum atomic E-state index is 13.2. The van der Waals surface area contributed by atoms with Gasteiger partial charge in [-0.3, -0.25) is 10.1 Å². The zero-order chi connectivity index (χ0) is 15.6. The number of nitro groups is 1. The lowest BCUT2D eigenvalue weighted by atomic mass is 10.2. The van der Waals surface area contributed by atoms with Crippen LogP contribution in [0.4, 0.5) is 21.5 Å². The Balaban J connectivity index is 2.40. The van der Waals surface area contributed by atoms with E-state index in [1.54, 1.807) is 0 Å². The SMILES string of the molecule is O=C(O)c1ccc(Nc2cc(F)ccc2[N+](=O)[O-])c(Br)c1. The number of halogens is 2. The molecule has 0 bridgehead atoms. The van der Waals surface area contributed by atoms with Crippen LogP contribution in [-0.2, 0) is 0 Å². The molecule has 2 aromatic rings. The van der Waals surface area contributed by atoms with E-state index >= 15 is 0 Å². The van der Waals surface area contributed by atoms with Crippen molar-refractivity contribution >= 4 is 39.0 Å². The second-order valence-electron chi connectivity index (χ2n) is 4.04. The van der Waals surface area contributed by atoms with E-state index in [1.165, 1.54) is 18.2 Å². The summed E-state index contributed by atoms with van der Waals surface area (Å²) >= 11 is 3.16. The summed E-state index contributed by atoms with van der Waals surface area (Å²) < 4.78 is 13.6. The summed E-state index contributed by atoms with van der Waals surface area (Å²) in [6.45, 7) is 0. The number of carboxylic acid groups (broad SMARTS) is 1. The van der Waals surface area contributed by atoms with Crippen LogP contribution >= 0.6 is 15.9 Å². The Morgan fingerprint density at radius 1 is 1.24 bits per heavy atom. The van der Waals surface area contributed by atoms with Crippen LogP contribution in [0.15, 0.2) is 40.9 Å². The van der Waals surface area contributed by atoms with Gasteiger partial charge in [-0.1, -0.05) is 0 Å². The third-order valence-corrected chi connectivity index (χ3v) is 3.30.